The van der Waals surface area contributed by atoms with Gasteiger partial charge >= 0.3 is 6.09 Å². The summed E-state index contributed by atoms with van der Waals surface area (Å²) in [6.07, 6.45) is 3.13. The molecule has 2 saturated heterocycles. The summed E-state index contributed by atoms with van der Waals surface area (Å²) in [4.78, 5) is 26.7. The maximum absolute atomic E-state index is 12.4. The Morgan fingerprint density at radius 3 is 2.61 bits per heavy atom. The van der Waals surface area contributed by atoms with E-state index in [1.807, 2.05) is 25.3 Å². The second kappa shape index (κ2) is 7.20. The summed E-state index contributed by atoms with van der Waals surface area (Å²) in [5.41, 5.74) is 10.5. The van der Waals surface area contributed by atoms with Crippen molar-refractivity contribution in [1.29, 1.82) is 0 Å². The van der Waals surface area contributed by atoms with Crippen LogP contribution in [0.25, 0.3) is 11.2 Å². The number of aliphatic hydroxyl groups is 1. The Balaban J connectivity index is 1.56. The van der Waals surface area contributed by atoms with Crippen LogP contribution >= 0.6 is 0 Å². The van der Waals surface area contributed by atoms with Gasteiger partial charge in [0.2, 0.25) is 5.95 Å². The van der Waals surface area contributed by atoms with Crippen molar-refractivity contribution in [3.8, 4) is 0 Å². The van der Waals surface area contributed by atoms with E-state index < -0.39 is 16.8 Å². The number of carbonyl (C=O) groups excluding carboxylic acids is 1. The zero-order valence-corrected chi connectivity index (χ0v) is 18.5. The molecule has 2 aromatic rings. The number of imidazole rings is 1. The summed E-state index contributed by atoms with van der Waals surface area (Å²) < 4.78 is 13.5. The number of piperidine rings is 1. The van der Waals surface area contributed by atoms with Gasteiger partial charge in [-0.2, -0.15) is 9.97 Å². The van der Waals surface area contributed by atoms with Crippen LogP contribution in [0.2, 0.25) is 0 Å². The average molecular weight is 434 g/mol. The van der Waals surface area contributed by atoms with Crippen molar-refractivity contribution in [2.45, 2.75) is 69.8 Å². The second-order valence-electron chi connectivity index (χ2n) is 9.81. The van der Waals surface area contributed by atoms with E-state index in [0.717, 1.165) is 0 Å². The van der Waals surface area contributed by atoms with E-state index in [0.29, 0.717) is 43.5 Å². The van der Waals surface area contributed by atoms with Crippen LogP contribution < -0.4 is 11.5 Å². The van der Waals surface area contributed by atoms with E-state index in [2.05, 4.69) is 15.0 Å². The standard InChI is InChI=1S/C20H31N7O4/c1-18(2,3)31-17(28)26-7-5-20(6-8-26)9-12(19(4,29)10-30-20)27-11-23-13-14(21)24-16(22)25-15(13)27/h11-12,29H,5-10H2,1-4H3,(H4,21,22,24,25)/t12-,19-/m0/s1. The largest absolute Gasteiger partial charge is 0.444 e. The fraction of sp³-hybridized carbons (Fsp3) is 0.700. The van der Waals surface area contributed by atoms with Crippen molar-refractivity contribution < 1.29 is 19.4 Å². The number of nitrogen functional groups attached to an aromatic ring is 2. The number of fused-ring (bicyclic) bond motifs is 1. The van der Waals surface area contributed by atoms with Crippen LogP contribution in [0.4, 0.5) is 16.6 Å². The molecule has 170 valence electrons. The minimum absolute atomic E-state index is 0.0545. The van der Waals surface area contributed by atoms with Crippen molar-refractivity contribution in [3.63, 3.8) is 0 Å². The number of amides is 1. The third-order valence-corrected chi connectivity index (χ3v) is 6.08. The fourth-order valence-electron chi connectivity index (χ4n) is 4.38. The number of carbonyl (C=O) groups is 1. The molecule has 0 unspecified atom stereocenters. The van der Waals surface area contributed by atoms with Crippen molar-refractivity contribution in [1.82, 2.24) is 24.4 Å². The molecule has 0 radical (unpaired) electrons. The second-order valence-corrected chi connectivity index (χ2v) is 9.81. The van der Waals surface area contributed by atoms with Gasteiger partial charge in [-0.3, -0.25) is 0 Å². The molecule has 31 heavy (non-hydrogen) atoms. The molecular formula is C20H31N7O4. The Hall–Kier alpha value is -2.66. The highest BCUT2D eigenvalue weighted by Crippen LogP contribution is 2.44. The summed E-state index contributed by atoms with van der Waals surface area (Å²) in [6.45, 7) is 8.50. The van der Waals surface area contributed by atoms with E-state index in [1.54, 1.807) is 18.2 Å². The zero-order chi connectivity index (χ0) is 22.6. The van der Waals surface area contributed by atoms with Crippen LogP contribution in [0.1, 0.15) is 53.0 Å². The van der Waals surface area contributed by atoms with Gasteiger partial charge in [0.25, 0.3) is 0 Å². The van der Waals surface area contributed by atoms with Gasteiger partial charge in [0.1, 0.15) is 16.7 Å². The number of nitrogens with two attached hydrogens (primary N) is 2. The molecule has 2 fully saturated rings. The number of hydrogen-bond acceptors (Lipinski definition) is 9. The molecule has 0 bridgehead atoms. The maximum Gasteiger partial charge on any atom is 0.410 e. The summed E-state index contributed by atoms with van der Waals surface area (Å²) in [5, 5.41) is 11.1. The van der Waals surface area contributed by atoms with Gasteiger partial charge < -0.3 is 35.5 Å². The number of likely N-dealkylation sites (tertiary alicyclic amines) is 1. The number of nitrogens with zero attached hydrogens (tertiary/aromatic N) is 5. The maximum atomic E-state index is 12.4. The summed E-state index contributed by atoms with van der Waals surface area (Å²) >= 11 is 0. The van der Waals surface area contributed by atoms with Crippen LogP contribution in [0.5, 0.6) is 0 Å². The molecule has 1 spiro atoms. The number of ether oxygens (including phenoxy) is 2. The summed E-state index contributed by atoms with van der Waals surface area (Å²) in [7, 11) is 0. The summed E-state index contributed by atoms with van der Waals surface area (Å²) in [5.74, 6) is 0.257. The Labute approximate surface area is 180 Å². The van der Waals surface area contributed by atoms with Crippen molar-refractivity contribution in [3.05, 3.63) is 6.33 Å². The first-order chi connectivity index (χ1) is 14.4. The molecule has 5 N–H and O–H groups in total. The quantitative estimate of drug-likeness (QED) is 0.606. The molecule has 2 aromatic heterocycles. The molecule has 0 aliphatic carbocycles. The van der Waals surface area contributed by atoms with Crippen molar-refractivity contribution in [2.24, 2.45) is 0 Å². The van der Waals surface area contributed by atoms with Gasteiger partial charge in [-0.05, 0) is 40.5 Å². The number of anilines is 2. The molecule has 2 aliphatic rings. The molecular weight excluding hydrogens is 402 g/mol. The van der Waals surface area contributed by atoms with Gasteiger partial charge in [0.05, 0.1) is 24.6 Å². The van der Waals surface area contributed by atoms with E-state index in [1.165, 1.54) is 0 Å². The first kappa shape index (κ1) is 21.6. The van der Waals surface area contributed by atoms with E-state index in [-0.39, 0.29) is 30.5 Å². The molecule has 2 atom stereocenters. The van der Waals surface area contributed by atoms with Gasteiger partial charge in [-0.15, -0.1) is 0 Å². The van der Waals surface area contributed by atoms with E-state index in [9.17, 15) is 9.90 Å². The third kappa shape index (κ3) is 4.11. The minimum Gasteiger partial charge on any atom is -0.444 e. The van der Waals surface area contributed by atoms with E-state index in [4.69, 9.17) is 20.9 Å². The Morgan fingerprint density at radius 2 is 1.97 bits per heavy atom. The lowest BCUT2D eigenvalue weighted by atomic mass is 9.77. The zero-order valence-electron chi connectivity index (χ0n) is 18.5. The highest BCUT2D eigenvalue weighted by Gasteiger charge is 2.50. The van der Waals surface area contributed by atoms with Crippen LogP contribution in [0.3, 0.4) is 0 Å². The number of hydrogen-bond donors (Lipinski definition) is 3. The normalized spacial score (nSPS) is 26.4. The molecule has 2 aliphatic heterocycles. The molecule has 4 rings (SSSR count). The molecule has 4 heterocycles. The van der Waals surface area contributed by atoms with Gasteiger partial charge in [-0.25, -0.2) is 9.78 Å². The lowest BCUT2D eigenvalue weighted by Gasteiger charge is -2.50. The van der Waals surface area contributed by atoms with Crippen LogP contribution in [0, 0.1) is 0 Å². The van der Waals surface area contributed by atoms with Crippen LogP contribution in [0.15, 0.2) is 6.33 Å². The minimum atomic E-state index is -1.14. The SMILES string of the molecule is CC(C)(C)OC(=O)N1CCC2(CC1)C[C@H](n1cnc3c(N)nc(N)nc31)[C@@](C)(O)CO2. The molecule has 11 nitrogen and oxygen atoms in total. The monoisotopic (exact) mass is 433 g/mol. The van der Waals surface area contributed by atoms with Crippen molar-refractivity contribution in [2.75, 3.05) is 31.2 Å². The topological polar surface area (TPSA) is 155 Å². The first-order valence-corrected chi connectivity index (χ1v) is 10.5. The first-order valence-electron chi connectivity index (χ1n) is 10.5. The number of rotatable bonds is 1. The highest BCUT2D eigenvalue weighted by atomic mass is 16.6. The fourth-order valence-corrected chi connectivity index (χ4v) is 4.38. The van der Waals surface area contributed by atoms with Crippen molar-refractivity contribution >= 4 is 29.0 Å². The predicted octanol–water partition coefficient (Wildman–Crippen LogP) is 1.47. The average Bonchev–Trinajstić information content (AvgIpc) is 3.07. The Kier molecular flexibility index (Phi) is 5.01. The van der Waals surface area contributed by atoms with Crippen LogP contribution in [-0.4, -0.2) is 72.1 Å². The van der Waals surface area contributed by atoms with Gasteiger partial charge in [0, 0.05) is 19.5 Å². The highest BCUT2D eigenvalue weighted by molar-refractivity contribution is 5.82. The van der Waals surface area contributed by atoms with E-state index >= 15 is 0 Å². The lowest BCUT2D eigenvalue weighted by Crippen LogP contribution is -2.57. The Bertz CT molecular complexity index is 989. The third-order valence-electron chi connectivity index (χ3n) is 6.08. The molecule has 0 aromatic carbocycles. The van der Waals surface area contributed by atoms with Crippen LogP contribution in [-0.2, 0) is 9.47 Å². The van der Waals surface area contributed by atoms with Gasteiger partial charge in [0.15, 0.2) is 11.5 Å². The van der Waals surface area contributed by atoms with Gasteiger partial charge in [-0.1, -0.05) is 0 Å². The Morgan fingerprint density at radius 1 is 1.29 bits per heavy atom. The smallest absolute Gasteiger partial charge is 0.410 e. The molecule has 0 saturated carbocycles. The predicted molar refractivity (Wildman–Crippen MR) is 114 cm³/mol. The molecule has 1 amide bonds. The molecule has 11 heteroatoms. The summed E-state index contributed by atoms with van der Waals surface area (Å²) in [6, 6.07) is -0.354. The lowest BCUT2D eigenvalue weighted by molar-refractivity contribution is -0.199. The number of aromatic nitrogens is 4.